The number of nitrogens with zero attached hydrogens (tertiary/aromatic N) is 2. The molecule has 0 fully saturated rings. The molecule has 1 aromatic heterocycles. The SMILES string of the molecule is COCCNC(=O)Cn1cc(C=C(C#N)C(=O)Nc2ccc(OC)cc2)c2ccccc21. The number of para-hydroxylation sites is 1. The predicted octanol–water partition coefficient (Wildman–Crippen LogP) is 2.96. The molecule has 0 atom stereocenters. The summed E-state index contributed by atoms with van der Waals surface area (Å²) in [6.45, 7) is 0.963. The Balaban J connectivity index is 1.84. The number of carbonyl (C=O) groups is 2. The van der Waals surface area contributed by atoms with Crippen LogP contribution in [0, 0.1) is 11.3 Å². The lowest BCUT2D eigenvalue weighted by molar-refractivity contribution is -0.121. The predicted molar refractivity (Wildman–Crippen MR) is 122 cm³/mol. The van der Waals surface area contributed by atoms with E-state index in [1.807, 2.05) is 30.3 Å². The van der Waals surface area contributed by atoms with Gasteiger partial charge < -0.3 is 24.7 Å². The molecule has 2 N–H and O–H groups in total. The Bertz CT molecular complexity index is 1170. The van der Waals surface area contributed by atoms with E-state index in [0.717, 1.165) is 10.9 Å². The van der Waals surface area contributed by atoms with Crippen LogP contribution in [0.1, 0.15) is 5.56 Å². The van der Waals surface area contributed by atoms with Gasteiger partial charge in [-0.15, -0.1) is 0 Å². The highest BCUT2D eigenvalue weighted by molar-refractivity contribution is 6.10. The van der Waals surface area contributed by atoms with E-state index in [1.54, 1.807) is 49.2 Å². The fourth-order valence-corrected chi connectivity index (χ4v) is 3.20. The minimum absolute atomic E-state index is 0.0479. The molecular weight excluding hydrogens is 408 g/mol. The van der Waals surface area contributed by atoms with Crippen molar-refractivity contribution in [2.45, 2.75) is 6.54 Å². The molecule has 3 aromatic rings. The molecule has 0 aliphatic heterocycles. The fourth-order valence-electron chi connectivity index (χ4n) is 3.20. The molecule has 1 heterocycles. The molecule has 8 heteroatoms. The van der Waals surface area contributed by atoms with Crippen LogP contribution < -0.4 is 15.4 Å². The number of anilines is 1. The normalized spacial score (nSPS) is 11.1. The summed E-state index contributed by atoms with van der Waals surface area (Å²) in [5.41, 5.74) is 2.00. The van der Waals surface area contributed by atoms with Gasteiger partial charge in [-0.2, -0.15) is 5.26 Å². The van der Waals surface area contributed by atoms with Crippen molar-refractivity contribution in [1.29, 1.82) is 5.26 Å². The van der Waals surface area contributed by atoms with E-state index in [0.29, 0.717) is 30.2 Å². The standard InChI is InChI=1S/C24H24N4O4/c1-31-12-11-26-23(29)16-28-15-18(21-5-3-4-6-22(21)28)13-17(14-25)24(30)27-19-7-9-20(32-2)10-8-19/h3-10,13,15H,11-12,16H2,1-2H3,(H,26,29)(H,27,30). The first kappa shape index (κ1) is 22.6. The van der Waals surface area contributed by atoms with E-state index in [-0.39, 0.29) is 18.0 Å². The molecular formula is C24H24N4O4. The number of fused-ring (bicyclic) bond motifs is 1. The summed E-state index contributed by atoms with van der Waals surface area (Å²) < 4.78 is 11.8. The molecule has 0 saturated carbocycles. The first-order valence-corrected chi connectivity index (χ1v) is 9.96. The van der Waals surface area contributed by atoms with Gasteiger partial charge in [0.25, 0.3) is 5.91 Å². The number of ether oxygens (including phenoxy) is 2. The highest BCUT2D eigenvalue weighted by Gasteiger charge is 2.14. The van der Waals surface area contributed by atoms with Crippen LogP contribution in [0.4, 0.5) is 5.69 Å². The number of nitriles is 1. The van der Waals surface area contributed by atoms with Gasteiger partial charge in [0.05, 0.1) is 13.7 Å². The zero-order chi connectivity index (χ0) is 22.9. The highest BCUT2D eigenvalue weighted by Crippen LogP contribution is 2.24. The average Bonchev–Trinajstić information content (AvgIpc) is 3.15. The molecule has 0 spiro atoms. The van der Waals surface area contributed by atoms with Crippen molar-refractivity contribution in [3.05, 3.63) is 65.9 Å². The van der Waals surface area contributed by atoms with Gasteiger partial charge in [-0.1, -0.05) is 18.2 Å². The summed E-state index contributed by atoms with van der Waals surface area (Å²) in [7, 11) is 3.13. The zero-order valence-corrected chi connectivity index (χ0v) is 17.9. The number of nitrogens with one attached hydrogen (secondary N) is 2. The second-order valence-corrected chi connectivity index (χ2v) is 6.92. The van der Waals surface area contributed by atoms with E-state index in [4.69, 9.17) is 9.47 Å². The van der Waals surface area contributed by atoms with Crippen LogP contribution in [0.5, 0.6) is 5.75 Å². The van der Waals surface area contributed by atoms with Crippen LogP contribution in [0.2, 0.25) is 0 Å². The maximum atomic E-state index is 12.7. The molecule has 164 valence electrons. The molecule has 0 saturated heterocycles. The Hall–Kier alpha value is -4.09. The smallest absolute Gasteiger partial charge is 0.266 e. The topological polar surface area (TPSA) is 105 Å². The minimum atomic E-state index is -0.521. The van der Waals surface area contributed by atoms with E-state index < -0.39 is 5.91 Å². The maximum absolute atomic E-state index is 12.7. The van der Waals surface area contributed by atoms with Crippen molar-refractivity contribution in [2.75, 3.05) is 32.7 Å². The molecule has 32 heavy (non-hydrogen) atoms. The van der Waals surface area contributed by atoms with Crippen LogP contribution in [0.25, 0.3) is 17.0 Å². The molecule has 2 amide bonds. The minimum Gasteiger partial charge on any atom is -0.497 e. The van der Waals surface area contributed by atoms with Gasteiger partial charge in [-0.3, -0.25) is 9.59 Å². The lowest BCUT2D eigenvalue weighted by atomic mass is 10.1. The van der Waals surface area contributed by atoms with Crippen LogP contribution >= 0.6 is 0 Å². The highest BCUT2D eigenvalue weighted by atomic mass is 16.5. The van der Waals surface area contributed by atoms with E-state index in [1.165, 1.54) is 6.08 Å². The monoisotopic (exact) mass is 432 g/mol. The van der Waals surface area contributed by atoms with Crippen LogP contribution in [0.15, 0.2) is 60.3 Å². The molecule has 0 radical (unpaired) electrons. The molecule has 0 bridgehead atoms. The van der Waals surface area contributed by atoms with Gasteiger partial charge in [0.15, 0.2) is 0 Å². The van der Waals surface area contributed by atoms with Gasteiger partial charge in [0.2, 0.25) is 5.91 Å². The Morgan fingerprint density at radius 1 is 1.12 bits per heavy atom. The van der Waals surface area contributed by atoms with Crippen LogP contribution in [0.3, 0.4) is 0 Å². The number of rotatable bonds is 9. The summed E-state index contributed by atoms with van der Waals surface area (Å²) in [5, 5.41) is 15.9. The van der Waals surface area contributed by atoms with Gasteiger partial charge in [0, 0.05) is 42.0 Å². The second-order valence-electron chi connectivity index (χ2n) is 6.92. The Morgan fingerprint density at radius 3 is 2.56 bits per heavy atom. The number of hydrogen-bond acceptors (Lipinski definition) is 5. The number of hydrogen-bond donors (Lipinski definition) is 2. The van der Waals surface area contributed by atoms with Crippen LogP contribution in [-0.2, 0) is 20.9 Å². The van der Waals surface area contributed by atoms with E-state index in [2.05, 4.69) is 10.6 Å². The van der Waals surface area contributed by atoms with Gasteiger partial charge >= 0.3 is 0 Å². The first-order chi connectivity index (χ1) is 15.5. The number of methoxy groups -OCH3 is 2. The molecule has 0 aliphatic rings. The third kappa shape index (κ3) is 5.53. The number of benzene rings is 2. The van der Waals surface area contributed by atoms with Crippen molar-refractivity contribution in [1.82, 2.24) is 9.88 Å². The number of carbonyl (C=O) groups excluding carboxylic acids is 2. The number of amides is 2. The van der Waals surface area contributed by atoms with E-state index in [9.17, 15) is 14.9 Å². The Morgan fingerprint density at radius 2 is 1.88 bits per heavy atom. The summed E-state index contributed by atoms with van der Waals surface area (Å²) in [6.07, 6.45) is 3.29. The molecule has 3 rings (SSSR count). The Labute approximate surface area is 186 Å². The third-order valence-electron chi connectivity index (χ3n) is 4.77. The van der Waals surface area contributed by atoms with Gasteiger partial charge in [-0.25, -0.2) is 0 Å². The fraction of sp³-hybridized carbons (Fsp3) is 0.208. The van der Waals surface area contributed by atoms with E-state index >= 15 is 0 Å². The summed E-state index contributed by atoms with van der Waals surface area (Å²) in [5.74, 6) is -0.0130. The van der Waals surface area contributed by atoms with Crippen molar-refractivity contribution in [3.8, 4) is 11.8 Å². The third-order valence-corrected chi connectivity index (χ3v) is 4.77. The summed E-state index contributed by atoms with van der Waals surface area (Å²) in [6, 6.07) is 16.3. The van der Waals surface area contributed by atoms with Crippen molar-refractivity contribution in [3.63, 3.8) is 0 Å². The maximum Gasteiger partial charge on any atom is 0.266 e. The van der Waals surface area contributed by atoms with Crippen LogP contribution in [-0.4, -0.2) is 43.8 Å². The second kappa shape index (κ2) is 10.8. The van der Waals surface area contributed by atoms with Crippen molar-refractivity contribution >= 4 is 34.5 Å². The average molecular weight is 432 g/mol. The largest absolute Gasteiger partial charge is 0.497 e. The molecule has 0 unspecified atom stereocenters. The lowest BCUT2D eigenvalue weighted by Crippen LogP contribution is -2.30. The molecule has 0 aliphatic carbocycles. The number of aromatic nitrogens is 1. The molecule has 8 nitrogen and oxygen atoms in total. The summed E-state index contributed by atoms with van der Waals surface area (Å²) >= 11 is 0. The lowest BCUT2D eigenvalue weighted by Gasteiger charge is -2.06. The van der Waals surface area contributed by atoms with Gasteiger partial charge in [0.1, 0.15) is 23.9 Å². The Kier molecular flexibility index (Phi) is 7.62. The van der Waals surface area contributed by atoms with Gasteiger partial charge in [-0.05, 0) is 36.4 Å². The first-order valence-electron chi connectivity index (χ1n) is 9.96. The van der Waals surface area contributed by atoms with Crippen molar-refractivity contribution < 1.29 is 19.1 Å². The molecule has 2 aromatic carbocycles. The summed E-state index contributed by atoms with van der Waals surface area (Å²) in [4.78, 5) is 24.9. The zero-order valence-electron chi connectivity index (χ0n) is 17.9. The quantitative estimate of drug-likeness (QED) is 0.307. The van der Waals surface area contributed by atoms with Crippen molar-refractivity contribution in [2.24, 2.45) is 0 Å².